The molecule has 0 heterocycles. The number of rotatable bonds is 54. The highest BCUT2D eigenvalue weighted by molar-refractivity contribution is 5.76. The van der Waals surface area contributed by atoms with Gasteiger partial charge in [0.2, 0.25) is 5.91 Å². The molecule has 0 rings (SSSR count). The molecule has 390 valence electrons. The minimum absolute atomic E-state index is 0.0284. The summed E-state index contributed by atoms with van der Waals surface area (Å²) in [6, 6.07) is -0.538. The molecule has 4 nitrogen and oxygen atoms in total. The molecular formula is C63H115NO3. The number of hydrogen-bond acceptors (Lipinski definition) is 3. The van der Waals surface area contributed by atoms with Crippen molar-refractivity contribution in [1.29, 1.82) is 0 Å². The standard InChI is InChI=1S/C63H115NO3/c1-3-5-7-9-11-13-15-17-19-21-23-24-25-26-27-28-29-30-31-32-33-34-35-36-37-38-39-40-41-43-45-47-49-51-53-55-57-59-63(67)64-61(60-65)62(66)58-56-54-52-50-48-46-44-42-22-20-18-16-14-12-10-8-6-4-2/h5,7,11,13,17,19,23-24,26-27,29-30,61-62,65-66H,3-4,6,8-10,12,14-16,18,20-22,25,28,31-60H2,1-2H3,(H,64,67)/b7-5-,13-11-,19-17-,24-23-,27-26-,30-29-. The summed E-state index contributed by atoms with van der Waals surface area (Å²) in [6.45, 7) is 4.27. The van der Waals surface area contributed by atoms with Gasteiger partial charge in [-0.25, -0.2) is 0 Å². The first kappa shape index (κ1) is 64.8. The van der Waals surface area contributed by atoms with E-state index in [9.17, 15) is 15.0 Å². The van der Waals surface area contributed by atoms with E-state index in [4.69, 9.17) is 0 Å². The number of unbranched alkanes of at least 4 members (excludes halogenated alkanes) is 35. The van der Waals surface area contributed by atoms with Crippen LogP contribution in [0.25, 0.3) is 0 Å². The fraction of sp³-hybridized carbons (Fsp3) is 0.794. The molecule has 2 unspecified atom stereocenters. The van der Waals surface area contributed by atoms with E-state index in [-0.39, 0.29) is 12.5 Å². The number of aliphatic hydroxyl groups is 2. The maximum absolute atomic E-state index is 12.5. The van der Waals surface area contributed by atoms with Crippen molar-refractivity contribution in [2.45, 2.75) is 315 Å². The van der Waals surface area contributed by atoms with Crippen molar-refractivity contribution in [3.8, 4) is 0 Å². The number of nitrogens with one attached hydrogen (secondary N) is 1. The Morgan fingerprint density at radius 2 is 0.657 bits per heavy atom. The molecule has 3 N–H and O–H groups in total. The highest BCUT2D eigenvalue weighted by Gasteiger charge is 2.20. The van der Waals surface area contributed by atoms with Crippen molar-refractivity contribution in [3.05, 3.63) is 72.9 Å². The summed E-state index contributed by atoms with van der Waals surface area (Å²) in [5.74, 6) is -0.0284. The lowest BCUT2D eigenvalue weighted by Crippen LogP contribution is -2.45. The second-order valence-electron chi connectivity index (χ2n) is 20.0. The first-order valence-electron chi connectivity index (χ1n) is 29.6. The molecule has 0 aromatic carbocycles. The minimum atomic E-state index is -0.661. The van der Waals surface area contributed by atoms with Gasteiger partial charge in [-0.05, 0) is 64.2 Å². The van der Waals surface area contributed by atoms with Crippen molar-refractivity contribution in [1.82, 2.24) is 5.32 Å². The zero-order valence-electron chi connectivity index (χ0n) is 44.9. The van der Waals surface area contributed by atoms with Gasteiger partial charge < -0.3 is 15.5 Å². The average Bonchev–Trinajstić information content (AvgIpc) is 3.33. The molecule has 0 bridgehead atoms. The molecule has 2 atom stereocenters. The molecule has 0 aliphatic rings. The zero-order chi connectivity index (χ0) is 48.5. The molecule has 67 heavy (non-hydrogen) atoms. The third kappa shape index (κ3) is 54.6. The molecule has 0 aliphatic carbocycles. The molecule has 0 aromatic rings. The summed E-state index contributed by atoms with van der Waals surface area (Å²) in [7, 11) is 0. The second kappa shape index (κ2) is 58.1. The van der Waals surface area contributed by atoms with E-state index in [2.05, 4.69) is 92.1 Å². The van der Waals surface area contributed by atoms with E-state index < -0.39 is 12.1 Å². The van der Waals surface area contributed by atoms with Gasteiger partial charge in [0.15, 0.2) is 0 Å². The van der Waals surface area contributed by atoms with Crippen LogP contribution < -0.4 is 5.32 Å². The van der Waals surface area contributed by atoms with Crippen molar-refractivity contribution in [3.63, 3.8) is 0 Å². The fourth-order valence-corrected chi connectivity index (χ4v) is 9.01. The van der Waals surface area contributed by atoms with Crippen LogP contribution >= 0.6 is 0 Å². The quantitative estimate of drug-likeness (QED) is 0.0420. The van der Waals surface area contributed by atoms with Crippen LogP contribution in [0.4, 0.5) is 0 Å². The average molecular weight is 935 g/mol. The molecule has 0 fully saturated rings. The van der Waals surface area contributed by atoms with Crippen LogP contribution in [-0.2, 0) is 4.79 Å². The predicted octanol–water partition coefficient (Wildman–Crippen LogP) is 19.8. The predicted molar refractivity (Wildman–Crippen MR) is 299 cm³/mol. The first-order chi connectivity index (χ1) is 33.2. The van der Waals surface area contributed by atoms with Crippen LogP contribution in [0.1, 0.15) is 303 Å². The molecule has 0 aromatic heterocycles. The SMILES string of the molecule is CC/C=C\C/C=C\C/C=C\C/C=C\C/C=C\C/C=C\CCCCCCCCCCCCCCCCCCCCC(=O)NC(CO)C(O)CCCCCCCCCCCCCCCCCCCC. The number of carbonyl (C=O) groups is 1. The molecule has 0 saturated carbocycles. The summed E-state index contributed by atoms with van der Waals surface area (Å²) in [5, 5.41) is 23.3. The van der Waals surface area contributed by atoms with Crippen LogP contribution in [0.2, 0.25) is 0 Å². The highest BCUT2D eigenvalue weighted by atomic mass is 16.3. The largest absolute Gasteiger partial charge is 0.394 e. The van der Waals surface area contributed by atoms with Crippen molar-refractivity contribution in [2.75, 3.05) is 6.61 Å². The van der Waals surface area contributed by atoms with Crippen LogP contribution in [-0.4, -0.2) is 34.9 Å². The maximum Gasteiger partial charge on any atom is 0.220 e. The highest BCUT2D eigenvalue weighted by Crippen LogP contribution is 2.17. The minimum Gasteiger partial charge on any atom is -0.394 e. The van der Waals surface area contributed by atoms with E-state index in [1.807, 2.05) is 0 Å². The van der Waals surface area contributed by atoms with E-state index in [0.717, 1.165) is 64.2 Å². The van der Waals surface area contributed by atoms with Crippen LogP contribution in [0.5, 0.6) is 0 Å². The van der Waals surface area contributed by atoms with Gasteiger partial charge in [0.05, 0.1) is 18.8 Å². The van der Waals surface area contributed by atoms with Gasteiger partial charge in [0.25, 0.3) is 0 Å². The number of amides is 1. The topological polar surface area (TPSA) is 69.6 Å². The van der Waals surface area contributed by atoms with Gasteiger partial charge in [-0.2, -0.15) is 0 Å². The van der Waals surface area contributed by atoms with Gasteiger partial charge in [-0.3, -0.25) is 4.79 Å². The number of allylic oxidation sites excluding steroid dienone is 12. The Labute approximate surface area is 419 Å². The molecule has 0 spiro atoms. The lowest BCUT2D eigenvalue weighted by molar-refractivity contribution is -0.123. The smallest absolute Gasteiger partial charge is 0.220 e. The van der Waals surface area contributed by atoms with Crippen LogP contribution in [0.3, 0.4) is 0 Å². The normalized spacial score (nSPS) is 13.3. The Hall–Kier alpha value is -2.17. The van der Waals surface area contributed by atoms with E-state index in [1.165, 1.54) is 212 Å². The second-order valence-corrected chi connectivity index (χ2v) is 20.0. The third-order valence-corrected chi connectivity index (χ3v) is 13.5. The van der Waals surface area contributed by atoms with Gasteiger partial charge >= 0.3 is 0 Å². The third-order valence-electron chi connectivity index (χ3n) is 13.5. The van der Waals surface area contributed by atoms with E-state index in [0.29, 0.717) is 12.8 Å². The molecule has 0 aliphatic heterocycles. The Morgan fingerprint density at radius 3 is 0.985 bits per heavy atom. The Kier molecular flexibility index (Phi) is 56.3. The Morgan fingerprint density at radius 1 is 0.373 bits per heavy atom. The molecule has 0 saturated heterocycles. The fourth-order valence-electron chi connectivity index (χ4n) is 9.01. The molecule has 1 amide bonds. The van der Waals surface area contributed by atoms with Gasteiger partial charge in [0.1, 0.15) is 0 Å². The Balaban J connectivity index is 3.45. The summed E-state index contributed by atoms with van der Waals surface area (Å²) in [6.07, 6.45) is 83.3. The molecular weight excluding hydrogens is 819 g/mol. The lowest BCUT2D eigenvalue weighted by atomic mass is 10.0. The van der Waals surface area contributed by atoms with Gasteiger partial charge in [0, 0.05) is 6.42 Å². The first-order valence-corrected chi connectivity index (χ1v) is 29.6. The van der Waals surface area contributed by atoms with Crippen molar-refractivity contribution < 1.29 is 15.0 Å². The number of hydrogen-bond donors (Lipinski definition) is 3. The van der Waals surface area contributed by atoms with Gasteiger partial charge in [-0.15, -0.1) is 0 Å². The monoisotopic (exact) mass is 934 g/mol. The summed E-state index contributed by atoms with van der Waals surface area (Å²) in [4.78, 5) is 12.5. The Bertz CT molecular complexity index is 1150. The molecule has 0 radical (unpaired) electrons. The lowest BCUT2D eigenvalue weighted by Gasteiger charge is -2.22. The maximum atomic E-state index is 12.5. The van der Waals surface area contributed by atoms with Crippen molar-refractivity contribution in [2.24, 2.45) is 0 Å². The number of carbonyl (C=O) groups excluding carboxylic acids is 1. The zero-order valence-corrected chi connectivity index (χ0v) is 44.9. The number of aliphatic hydroxyl groups excluding tert-OH is 2. The van der Waals surface area contributed by atoms with Crippen LogP contribution in [0.15, 0.2) is 72.9 Å². The van der Waals surface area contributed by atoms with E-state index in [1.54, 1.807) is 0 Å². The molecule has 4 heteroatoms. The summed E-state index contributed by atoms with van der Waals surface area (Å²) < 4.78 is 0. The summed E-state index contributed by atoms with van der Waals surface area (Å²) in [5.41, 5.74) is 0. The van der Waals surface area contributed by atoms with Gasteiger partial charge in [-0.1, -0.05) is 305 Å². The van der Waals surface area contributed by atoms with E-state index >= 15 is 0 Å². The van der Waals surface area contributed by atoms with Crippen molar-refractivity contribution >= 4 is 5.91 Å². The van der Waals surface area contributed by atoms with Crippen LogP contribution in [0, 0.1) is 0 Å². The summed E-state index contributed by atoms with van der Waals surface area (Å²) >= 11 is 0.